The van der Waals surface area contributed by atoms with Crippen LogP contribution in [-0.2, 0) is 0 Å². The summed E-state index contributed by atoms with van der Waals surface area (Å²) in [4.78, 5) is 0. The fraction of sp³-hybridized carbons (Fsp3) is 0.273. The molecule has 0 amide bonds. The van der Waals surface area contributed by atoms with E-state index in [0.717, 1.165) is 0 Å². The van der Waals surface area contributed by atoms with Crippen LogP contribution in [0.25, 0.3) is 0 Å². The van der Waals surface area contributed by atoms with Crippen LogP contribution in [0, 0.1) is 0 Å². The highest BCUT2D eigenvalue weighted by molar-refractivity contribution is 8.13. The van der Waals surface area contributed by atoms with Gasteiger partial charge in [-0.1, -0.05) is 23.4 Å². The molecule has 0 aromatic heterocycles. The van der Waals surface area contributed by atoms with Gasteiger partial charge in [0.1, 0.15) is 0 Å². The molecule has 0 saturated carbocycles. The van der Waals surface area contributed by atoms with E-state index in [1.165, 1.54) is 25.1 Å². The van der Waals surface area contributed by atoms with Gasteiger partial charge >= 0.3 is 0 Å². The molecule has 0 aliphatic rings. The van der Waals surface area contributed by atoms with Crippen LogP contribution in [0.15, 0.2) is 22.3 Å². The summed E-state index contributed by atoms with van der Waals surface area (Å²) in [7, 11) is 3.07. The maximum absolute atomic E-state index is 6.16. The number of benzene rings is 1. The molecule has 0 aliphatic heterocycles. The van der Waals surface area contributed by atoms with Crippen molar-refractivity contribution in [2.45, 2.75) is 0 Å². The molecule has 1 rings (SSSR count). The summed E-state index contributed by atoms with van der Waals surface area (Å²) in [6.45, 7) is 0. The molecular weight excluding hydrogens is 274 g/mol. The molecule has 5 nitrogen and oxygen atoms in total. The van der Waals surface area contributed by atoms with Crippen molar-refractivity contribution in [1.82, 2.24) is 0 Å². The summed E-state index contributed by atoms with van der Waals surface area (Å²) in [5, 5.41) is 8.41. The van der Waals surface area contributed by atoms with Gasteiger partial charge in [-0.05, 0) is 18.4 Å². The van der Waals surface area contributed by atoms with Crippen LogP contribution in [0.5, 0.6) is 11.5 Å². The van der Waals surface area contributed by atoms with E-state index in [-0.39, 0.29) is 0 Å². The van der Waals surface area contributed by atoms with Gasteiger partial charge in [0.2, 0.25) is 0 Å². The van der Waals surface area contributed by atoms with E-state index in [0.29, 0.717) is 27.3 Å². The summed E-state index contributed by atoms with van der Waals surface area (Å²) < 4.78 is 10.3. The third kappa shape index (κ3) is 3.54. The Bertz CT molecular complexity index is 478. The van der Waals surface area contributed by atoms with Gasteiger partial charge in [-0.25, -0.2) is 0 Å². The fourth-order valence-corrected chi connectivity index (χ4v) is 1.60. The van der Waals surface area contributed by atoms with Crippen molar-refractivity contribution >= 4 is 34.7 Å². The molecule has 7 heteroatoms. The van der Waals surface area contributed by atoms with Gasteiger partial charge in [0.15, 0.2) is 16.7 Å². The lowest BCUT2D eigenvalue weighted by atomic mass is 10.2. The quantitative estimate of drug-likeness (QED) is 0.524. The van der Waals surface area contributed by atoms with Gasteiger partial charge < -0.3 is 15.2 Å². The number of ether oxygens (including phenoxy) is 2. The minimum Gasteiger partial charge on any atom is -0.493 e. The second-order valence-electron chi connectivity index (χ2n) is 3.09. The van der Waals surface area contributed by atoms with Crippen LogP contribution in [0.2, 0.25) is 5.02 Å². The number of rotatable bonds is 4. The van der Waals surface area contributed by atoms with Crippen LogP contribution in [-0.4, -0.2) is 31.9 Å². The van der Waals surface area contributed by atoms with Crippen LogP contribution in [0.1, 0.15) is 5.56 Å². The first-order chi connectivity index (χ1) is 8.63. The minimum absolute atomic E-state index is 0.378. The molecule has 0 heterocycles. The topological polar surface area (TPSA) is 69.2 Å². The molecule has 0 unspecified atom stereocenters. The average Bonchev–Trinajstić information content (AvgIpc) is 2.39. The van der Waals surface area contributed by atoms with Crippen molar-refractivity contribution in [1.29, 1.82) is 0 Å². The zero-order valence-electron chi connectivity index (χ0n) is 10.3. The van der Waals surface area contributed by atoms with Gasteiger partial charge in [-0.2, -0.15) is 5.10 Å². The molecule has 0 saturated heterocycles. The summed E-state index contributed by atoms with van der Waals surface area (Å²) >= 11 is 7.48. The van der Waals surface area contributed by atoms with Crippen molar-refractivity contribution in [3.8, 4) is 11.5 Å². The first-order valence-electron chi connectivity index (χ1n) is 4.95. The highest BCUT2D eigenvalue weighted by Gasteiger charge is 2.11. The van der Waals surface area contributed by atoms with E-state index in [4.69, 9.17) is 26.8 Å². The highest BCUT2D eigenvalue weighted by Crippen LogP contribution is 2.36. The third-order valence-electron chi connectivity index (χ3n) is 2.08. The first kappa shape index (κ1) is 14.7. The predicted molar refractivity (Wildman–Crippen MR) is 77.3 cm³/mol. The van der Waals surface area contributed by atoms with E-state index < -0.39 is 0 Å². The molecule has 0 fully saturated rings. The largest absolute Gasteiger partial charge is 0.493 e. The Morgan fingerprint density at radius 1 is 1.39 bits per heavy atom. The number of nitrogens with zero attached hydrogens (tertiary/aromatic N) is 2. The maximum Gasteiger partial charge on any atom is 0.180 e. The number of hydrogen-bond donors (Lipinski definition) is 1. The SMILES string of the molecule is COc1ccc(/C=N\N=C(/N)SC)c(Cl)c1OC. The lowest BCUT2D eigenvalue weighted by molar-refractivity contribution is 0.355. The Balaban J connectivity index is 3.05. The van der Waals surface area contributed by atoms with Gasteiger partial charge in [0.05, 0.1) is 25.5 Å². The monoisotopic (exact) mass is 287 g/mol. The molecule has 98 valence electrons. The Kier molecular flexibility index (Phi) is 5.80. The Labute approximate surface area is 115 Å². The molecule has 0 bridgehead atoms. The van der Waals surface area contributed by atoms with Crippen LogP contribution < -0.4 is 15.2 Å². The third-order valence-corrected chi connectivity index (χ3v) is 2.97. The highest BCUT2D eigenvalue weighted by atomic mass is 35.5. The molecule has 0 radical (unpaired) electrons. The van der Waals surface area contributed by atoms with E-state index >= 15 is 0 Å². The number of methoxy groups -OCH3 is 2. The average molecular weight is 288 g/mol. The molecule has 1 aromatic rings. The smallest absolute Gasteiger partial charge is 0.180 e. The summed E-state index contributed by atoms with van der Waals surface area (Å²) in [6.07, 6.45) is 3.32. The van der Waals surface area contributed by atoms with Crippen molar-refractivity contribution in [2.75, 3.05) is 20.5 Å². The molecule has 1 aromatic carbocycles. The lowest BCUT2D eigenvalue weighted by Crippen LogP contribution is -2.04. The minimum atomic E-state index is 0.378. The normalized spacial score (nSPS) is 11.9. The molecule has 18 heavy (non-hydrogen) atoms. The van der Waals surface area contributed by atoms with Crippen LogP contribution in [0.3, 0.4) is 0 Å². The fourth-order valence-electron chi connectivity index (χ4n) is 1.19. The number of halogens is 1. The number of thioether (sulfide) groups is 1. The number of amidine groups is 1. The Hall–Kier alpha value is -1.40. The molecule has 0 spiro atoms. The predicted octanol–water partition coefficient (Wildman–Crippen LogP) is 2.37. The first-order valence-corrected chi connectivity index (χ1v) is 6.55. The number of nitrogens with two attached hydrogens (primary N) is 1. The molecular formula is C11H14ClN3O2S. The molecule has 0 atom stereocenters. The van der Waals surface area contributed by atoms with E-state index in [1.54, 1.807) is 19.2 Å². The van der Waals surface area contributed by atoms with E-state index in [2.05, 4.69) is 10.2 Å². The summed E-state index contributed by atoms with van der Waals surface area (Å²) in [5.74, 6) is 1.02. The molecule has 0 aliphatic carbocycles. The number of hydrogen-bond acceptors (Lipinski definition) is 5. The zero-order chi connectivity index (χ0) is 13.5. The van der Waals surface area contributed by atoms with Gasteiger partial charge in [-0.15, -0.1) is 5.10 Å². The molecule has 2 N–H and O–H groups in total. The maximum atomic E-state index is 6.16. The van der Waals surface area contributed by atoms with Gasteiger partial charge in [0.25, 0.3) is 0 Å². The van der Waals surface area contributed by atoms with Gasteiger partial charge in [-0.3, -0.25) is 0 Å². The van der Waals surface area contributed by atoms with Crippen LogP contribution >= 0.6 is 23.4 Å². The van der Waals surface area contributed by atoms with Gasteiger partial charge in [0, 0.05) is 5.56 Å². The summed E-state index contributed by atoms with van der Waals surface area (Å²) in [6, 6.07) is 3.51. The zero-order valence-corrected chi connectivity index (χ0v) is 11.9. The van der Waals surface area contributed by atoms with Crippen molar-refractivity contribution in [2.24, 2.45) is 15.9 Å². The standard InChI is InChI=1S/C11H14ClN3O2S/c1-16-8-5-4-7(9(12)10(8)17-2)6-14-15-11(13)18-3/h4-6H,1-3H3,(H2,13,15)/b14-6-. The van der Waals surface area contributed by atoms with Crippen molar-refractivity contribution < 1.29 is 9.47 Å². The Morgan fingerprint density at radius 3 is 2.67 bits per heavy atom. The Morgan fingerprint density at radius 2 is 2.11 bits per heavy atom. The second kappa shape index (κ2) is 7.13. The van der Waals surface area contributed by atoms with E-state index in [1.807, 2.05) is 6.26 Å². The van der Waals surface area contributed by atoms with Crippen LogP contribution in [0.4, 0.5) is 0 Å². The summed E-state index contributed by atoms with van der Waals surface area (Å²) in [5.41, 5.74) is 6.17. The van der Waals surface area contributed by atoms with Crippen molar-refractivity contribution in [3.05, 3.63) is 22.7 Å². The van der Waals surface area contributed by atoms with E-state index in [9.17, 15) is 0 Å². The second-order valence-corrected chi connectivity index (χ2v) is 4.30. The lowest BCUT2D eigenvalue weighted by Gasteiger charge is -2.10. The van der Waals surface area contributed by atoms with Crippen molar-refractivity contribution in [3.63, 3.8) is 0 Å².